The van der Waals surface area contributed by atoms with Crippen LogP contribution in [-0.2, 0) is 14.8 Å². The molecule has 3 N–H and O–H groups in total. The number of benzene rings is 1. The number of rotatable bonds is 9. The Morgan fingerprint density at radius 3 is 2.36 bits per heavy atom. The quantitative estimate of drug-likeness (QED) is 0.579. The molecule has 0 aromatic heterocycles. The molecule has 0 saturated carbocycles. The predicted molar refractivity (Wildman–Crippen MR) is 83.2 cm³/mol. The van der Waals surface area contributed by atoms with E-state index in [-0.39, 0.29) is 13.2 Å². The maximum Gasteiger partial charge on any atom is 0.511 e. The van der Waals surface area contributed by atoms with Crippen molar-refractivity contribution < 1.29 is 36.2 Å². The third-order valence-electron chi connectivity index (χ3n) is 3.10. The Balaban J connectivity index is 2.61. The molecule has 11 heteroatoms. The van der Waals surface area contributed by atoms with Crippen molar-refractivity contribution in [3.8, 4) is 0 Å². The summed E-state index contributed by atoms with van der Waals surface area (Å²) in [5.41, 5.74) is -5.13. The summed E-state index contributed by atoms with van der Waals surface area (Å²) in [4.78, 5) is 11.9. The highest BCUT2D eigenvalue weighted by Crippen LogP contribution is 2.21. The Hall–Kier alpha value is -1.69. The van der Waals surface area contributed by atoms with Crippen LogP contribution in [0.1, 0.15) is 17.3 Å². The van der Waals surface area contributed by atoms with Gasteiger partial charge in [-0.2, -0.15) is 13.2 Å². The molecule has 25 heavy (non-hydrogen) atoms. The maximum absolute atomic E-state index is 12.3. The first kappa shape index (κ1) is 21.4. The molecule has 1 amide bonds. The molecule has 0 saturated heterocycles. The average Bonchev–Trinajstić information content (AvgIpc) is 2.55. The number of aliphatic hydroxyl groups excluding tert-OH is 1. The molecule has 0 aliphatic rings. The van der Waals surface area contributed by atoms with Gasteiger partial charge in [0.05, 0.1) is 12.2 Å². The van der Waals surface area contributed by atoms with Gasteiger partial charge in [0, 0.05) is 25.3 Å². The zero-order valence-corrected chi connectivity index (χ0v) is 14.1. The Bertz CT molecular complexity index is 652. The van der Waals surface area contributed by atoms with Gasteiger partial charge in [0.2, 0.25) is 0 Å². The Kier molecular flexibility index (Phi) is 7.80. The molecular formula is C14H19F3N2O5S. The fourth-order valence-electron chi connectivity index (χ4n) is 1.81. The van der Waals surface area contributed by atoms with E-state index >= 15 is 0 Å². The molecule has 0 bridgehead atoms. The molecule has 1 rings (SSSR count). The standard InChI is InChI=1S/C14H19F3N2O5S/c1-2-24-12(9-19-25(22,23)14(15,16)17)11(20)8-18-13(21)10-6-4-3-5-7-10/h3-7,11-12,19-20H,2,8-9H2,1H3,(H,18,21)/t11-,12+/m0/s1. The number of carbonyl (C=O) groups is 1. The van der Waals surface area contributed by atoms with E-state index in [9.17, 15) is 31.5 Å². The normalized spacial score (nSPS) is 14.8. The van der Waals surface area contributed by atoms with Crippen LogP contribution in [0.4, 0.5) is 13.2 Å². The lowest BCUT2D eigenvalue weighted by Gasteiger charge is -2.23. The Morgan fingerprint density at radius 2 is 1.84 bits per heavy atom. The van der Waals surface area contributed by atoms with Gasteiger partial charge in [-0.3, -0.25) is 4.79 Å². The largest absolute Gasteiger partial charge is 0.511 e. The molecule has 0 spiro atoms. The van der Waals surface area contributed by atoms with E-state index < -0.39 is 40.2 Å². The Labute approximate surface area is 143 Å². The molecule has 2 atom stereocenters. The van der Waals surface area contributed by atoms with Crippen LogP contribution in [0.3, 0.4) is 0 Å². The molecule has 0 aliphatic heterocycles. The van der Waals surface area contributed by atoms with Crippen molar-refractivity contribution in [1.82, 2.24) is 10.0 Å². The Morgan fingerprint density at radius 1 is 1.24 bits per heavy atom. The minimum atomic E-state index is -5.55. The van der Waals surface area contributed by atoms with Crippen LogP contribution >= 0.6 is 0 Å². The second-order valence-corrected chi connectivity index (χ2v) is 6.69. The number of hydrogen-bond acceptors (Lipinski definition) is 5. The summed E-state index contributed by atoms with van der Waals surface area (Å²) in [5, 5.41) is 12.4. The van der Waals surface area contributed by atoms with E-state index in [4.69, 9.17) is 4.74 Å². The first-order valence-corrected chi connectivity index (χ1v) is 8.75. The summed E-state index contributed by atoms with van der Waals surface area (Å²) in [6.07, 6.45) is -2.68. The smallest absolute Gasteiger partial charge is 0.389 e. The lowest BCUT2D eigenvalue weighted by atomic mass is 10.2. The van der Waals surface area contributed by atoms with Crippen molar-refractivity contribution in [3.63, 3.8) is 0 Å². The van der Waals surface area contributed by atoms with Crippen LogP contribution in [0.5, 0.6) is 0 Å². The van der Waals surface area contributed by atoms with Gasteiger partial charge in [-0.05, 0) is 19.1 Å². The first-order valence-electron chi connectivity index (χ1n) is 7.27. The molecular weight excluding hydrogens is 365 g/mol. The van der Waals surface area contributed by atoms with Gasteiger partial charge in [-0.25, -0.2) is 13.1 Å². The number of sulfonamides is 1. The van der Waals surface area contributed by atoms with Crippen molar-refractivity contribution in [2.24, 2.45) is 0 Å². The topological polar surface area (TPSA) is 105 Å². The van der Waals surface area contributed by atoms with Crippen LogP contribution in [0.2, 0.25) is 0 Å². The number of ether oxygens (including phenoxy) is 1. The molecule has 1 aromatic rings. The van der Waals surface area contributed by atoms with E-state index in [1.165, 1.54) is 11.6 Å². The van der Waals surface area contributed by atoms with Crippen molar-refractivity contribution in [2.45, 2.75) is 24.6 Å². The number of hydrogen-bond donors (Lipinski definition) is 3. The van der Waals surface area contributed by atoms with E-state index in [0.717, 1.165) is 0 Å². The minimum Gasteiger partial charge on any atom is -0.389 e. The summed E-state index contributed by atoms with van der Waals surface area (Å²) < 4.78 is 65.3. The molecule has 0 unspecified atom stereocenters. The highest BCUT2D eigenvalue weighted by Gasteiger charge is 2.46. The van der Waals surface area contributed by atoms with Gasteiger partial charge in [0.15, 0.2) is 0 Å². The van der Waals surface area contributed by atoms with Gasteiger partial charge in [-0.15, -0.1) is 0 Å². The highest BCUT2D eigenvalue weighted by atomic mass is 32.2. The monoisotopic (exact) mass is 384 g/mol. The third-order valence-corrected chi connectivity index (χ3v) is 4.25. The van der Waals surface area contributed by atoms with E-state index in [1.54, 1.807) is 30.3 Å². The van der Waals surface area contributed by atoms with Crippen LogP contribution in [0, 0.1) is 0 Å². The van der Waals surface area contributed by atoms with Crippen molar-refractivity contribution in [2.75, 3.05) is 19.7 Å². The maximum atomic E-state index is 12.3. The number of alkyl halides is 3. The minimum absolute atomic E-state index is 0.0299. The van der Waals surface area contributed by atoms with Gasteiger partial charge in [0.1, 0.15) is 0 Å². The average molecular weight is 384 g/mol. The van der Waals surface area contributed by atoms with E-state index in [0.29, 0.717) is 5.56 Å². The summed E-state index contributed by atoms with van der Waals surface area (Å²) in [7, 11) is -5.55. The van der Waals surface area contributed by atoms with Crippen LogP contribution in [-0.4, -0.2) is 56.8 Å². The lowest BCUT2D eigenvalue weighted by molar-refractivity contribution is -0.0474. The van der Waals surface area contributed by atoms with E-state index in [2.05, 4.69) is 5.32 Å². The van der Waals surface area contributed by atoms with Crippen molar-refractivity contribution in [3.05, 3.63) is 35.9 Å². The van der Waals surface area contributed by atoms with Gasteiger partial charge >= 0.3 is 15.5 Å². The molecule has 0 radical (unpaired) electrons. The predicted octanol–water partition coefficient (Wildman–Crippen LogP) is 0.622. The fourth-order valence-corrected chi connectivity index (χ4v) is 2.36. The van der Waals surface area contributed by atoms with Crippen LogP contribution in [0.25, 0.3) is 0 Å². The lowest BCUT2D eigenvalue weighted by Crippen LogP contribution is -2.48. The second-order valence-electron chi connectivity index (χ2n) is 4.93. The van der Waals surface area contributed by atoms with Gasteiger partial charge in [0.25, 0.3) is 5.91 Å². The van der Waals surface area contributed by atoms with Crippen LogP contribution in [0.15, 0.2) is 30.3 Å². The SMILES string of the molecule is CCO[C@H](CNS(=O)(=O)C(F)(F)F)[C@@H](O)CNC(=O)c1ccccc1. The number of aliphatic hydroxyl groups is 1. The molecule has 0 fully saturated rings. The first-order chi connectivity index (χ1) is 11.6. The summed E-state index contributed by atoms with van der Waals surface area (Å²) in [6.45, 7) is 0.437. The van der Waals surface area contributed by atoms with Gasteiger partial charge in [-0.1, -0.05) is 18.2 Å². The molecule has 0 aliphatic carbocycles. The van der Waals surface area contributed by atoms with Crippen molar-refractivity contribution in [1.29, 1.82) is 0 Å². The molecule has 0 heterocycles. The van der Waals surface area contributed by atoms with E-state index in [1.807, 2.05) is 0 Å². The van der Waals surface area contributed by atoms with Gasteiger partial charge < -0.3 is 15.2 Å². The molecule has 142 valence electrons. The molecule has 1 aromatic carbocycles. The van der Waals surface area contributed by atoms with Crippen LogP contribution < -0.4 is 10.0 Å². The summed E-state index contributed by atoms with van der Waals surface area (Å²) >= 11 is 0. The second kappa shape index (κ2) is 9.13. The number of nitrogens with one attached hydrogen (secondary N) is 2. The zero-order chi connectivity index (χ0) is 19.1. The third kappa shape index (κ3) is 6.61. The van der Waals surface area contributed by atoms with Crippen molar-refractivity contribution >= 4 is 15.9 Å². The number of halogens is 3. The highest BCUT2D eigenvalue weighted by molar-refractivity contribution is 7.90. The number of amides is 1. The zero-order valence-electron chi connectivity index (χ0n) is 13.3. The number of carbonyl (C=O) groups excluding carboxylic acids is 1. The summed E-state index contributed by atoms with van der Waals surface area (Å²) in [6, 6.07) is 8.07. The molecule has 7 nitrogen and oxygen atoms in total. The summed E-state index contributed by atoms with van der Waals surface area (Å²) in [5.74, 6) is -0.495. The fraction of sp³-hybridized carbons (Fsp3) is 0.500.